The van der Waals surface area contributed by atoms with Gasteiger partial charge in [-0.15, -0.1) is 12.4 Å². The van der Waals surface area contributed by atoms with Crippen LogP contribution in [-0.4, -0.2) is 11.2 Å². The van der Waals surface area contributed by atoms with E-state index in [0.717, 1.165) is 16.7 Å². The zero-order valence-corrected chi connectivity index (χ0v) is 9.64. The van der Waals surface area contributed by atoms with Crippen molar-refractivity contribution in [2.24, 2.45) is 5.73 Å². The molecule has 3 N–H and O–H groups in total. The van der Waals surface area contributed by atoms with Gasteiger partial charge in [0.05, 0.1) is 12.1 Å². The molecule has 2 atom stereocenters. The van der Waals surface area contributed by atoms with Crippen molar-refractivity contribution in [3.05, 3.63) is 34.9 Å². The van der Waals surface area contributed by atoms with Crippen LogP contribution in [0.15, 0.2) is 18.2 Å². The standard InChI is InChI=1S/C11H17NO.ClH/c1-7-5-4-6-8(2)10(7)11(12)9(3)13;/h4-6,9,11,13H,12H2,1-3H3;1H/t9-,11-;/m1./s1. The van der Waals surface area contributed by atoms with E-state index in [4.69, 9.17) is 5.73 Å². The second-order valence-electron chi connectivity index (χ2n) is 3.57. The topological polar surface area (TPSA) is 46.2 Å². The van der Waals surface area contributed by atoms with Gasteiger partial charge in [-0.2, -0.15) is 0 Å². The van der Waals surface area contributed by atoms with Crippen LogP contribution in [0.4, 0.5) is 0 Å². The Bertz CT molecular complexity index is 279. The first-order valence-electron chi connectivity index (χ1n) is 4.53. The van der Waals surface area contributed by atoms with Crippen LogP contribution in [0, 0.1) is 13.8 Å². The molecule has 0 bridgehead atoms. The largest absolute Gasteiger partial charge is 0.391 e. The fourth-order valence-corrected chi connectivity index (χ4v) is 1.59. The number of hydrogen-bond donors (Lipinski definition) is 2. The van der Waals surface area contributed by atoms with E-state index in [2.05, 4.69) is 0 Å². The second kappa shape index (κ2) is 5.35. The molecule has 0 aliphatic heterocycles. The number of aliphatic hydroxyl groups excluding tert-OH is 1. The maximum Gasteiger partial charge on any atom is 0.0704 e. The van der Waals surface area contributed by atoms with Crippen molar-refractivity contribution >= 4 is 12.4 Å². The summed E-state index contributed by atoms with van der Waals surface area (Å²) < 4.78 is 0. The minimum absolute atomic E-state index is 0. The van der Waals surface area contributed by atoms with E-state index in [1.165, 1.54) is 0 Å². The fraction of sp³-hybridized carbons (Fsp3) is 0.455. The maximum atomic E-state index is 9.40. The van der Waals surface area contributed by atoms with Crippen molar-refractivity contribution in [3.8, 4) is 0 Å². The van der Waals surface area contributed by atoms with Gasteiger partial charge in [-0.3, -0.25) is 0 Å². The van der Waals surface area contributed by atoms with Gasteiger partial charge in [-0.1, -0.05) is 18.2 Å². The van der Waals surface area contributed by atoms with E-state index in [-0.39, 0.29) is 18.4 Å². The lowest BCUT2D eigenvalue weighted by molar-refractivity contribution is 0.163. The van der Waals surface area contributed by atoms with Gasteiger partial charge in [0.15, 0.2) is 0 Å². The molecule has 0 fully saturated rings. The van der Waals surface area contributed by atoms with Crippen LogP contribution < -0.4 is 5.73 Å². The predicted molar refractivity (Wildman–Crippen MR) is 61.8 cm³/mol. The number of aryl methyl sites for hydroxylation is 2. The van der Waals surface area contributed by atoms with E-state index in [1.54, 1.807) is 6.92 Å². The van der Waals surface area contributed by atoms with Crippen molar-refractivity contribution in [3.63, 3.8) is 0 Å². The number of hydrogen-bond acceptors (Lipinski definition) is 2. The third-order valence-corrected chi connectivity index (χ3v) is 2.40. The summed E-state index contributed by atoms with van der Waals surface area (Å²) in [6, 6.07) is 5.76. The smallest absolute Gasteiger partial charge is 0.0704 e. The highest BCUT2D eigenvalue weighted by molar-refractivity contribution is 5.85. The average Bonchev–Trinajstić information content (AvgIpc) is 2.03. The molecule has 14 heavy (non-hydrogen) atoms. The third kappa shape index (κ3) is 2.71. The van der Waals surface area contributed by atoms with Crippen LogP contribution in [0.3, 0.4) is 0 Å². The molecule has 0 saturated heterocycles. The number of aliphatic hydroxyl groups is 1. The highest BCUT2D eigenvalue weighted by Crippen LogP contribution is 2.22. The summed E-state index contributed by atoms with van der Waals surface area (Å²) in [7, 11) is 0. The van der Waals surface area contributed by atoms with Crippen molar-refractivity contribution in [1.29, 1.82) is 0 Å². The molecule has 0 spiro atoms. The van der Waals surface area contributed by atoms with Crippen LogP contribution in [0.1, 0.15) is 29.7 Å². The number of rotatable bonds is 2. The van der Waals surface area contributed by atoms with Gasteiger partial charge in [-0.05, 0) is 37.5 Å². The Kier molecular flexibility index (Phi) is 5.13. The molecule has 0 amide bonds. The summed E-state index contributed by atoms with van der Waals surface area (Å²) in [6.45, 7) is 5.76. The molecule has 0 aliphatic carbocycles. The van der Waals surface area contributed by atoms with Crippen LogP contribution in [0.5, 0.6) is 0 Å². The first kappa shape index (κ1) is 13.4. The number of halogens is 1. The molecule has 0 aromatic heterocycles. The van der Waals surface area contributed by atoms with Crippen LogP contribution in [0.25, 0.3) is 0 Å². The minimum Gasteiger partial charge on any atom is -0.391 e. The van der Waals surface area contributed by atoms with Gasteiger partial charge in [0, 0.05) is 0 Å². The van der Waals surface area contributed by atoms with E-state index < -0.39 is 6.10 Å². The summed E-state index contributed by atoms with van der Waals surface area (Å²) >= 11 is 0. The lowest BCUT2D eigenvalue weighted by Gasteiger charge is -2.19. The Morgan fingerprint density at radius 1 is 1.21 bits per heavy atom. The molecule has 3 heteroatoms. The van der Waals surface area contributed by atoms with Crippen LogP contribution in [0.2, 0.25) is 0 Å². The first-order chi connectivity index (χ1) is 6.04. The fourth-order valence-electron chi connectivity index (χ4n) is 1.59. The van der Waals surface area contributed by atoms with Gasteiger partial charge in [0.1, 0.15) is 0 Å². The summed E-state index contributed by atoms with van der Waals surface area (Å²) in [6.07, 6.45) is -0.500. The van der Waals surface area contributed by atoms with E-state index in [9.17, 15) is 5.11 Å². The van der Waals surface area contributed by atoms with Crippen LogP contribution >= 0.6 is 12.4 Å². The van der Waals surface area contributed by atoms with E-state index in [1.807, 2.05) is 32.0 Å². The molecule has 0 aliphatic rings. The molecular weight excluding hydrogens is 198 g/mol. The normalized spacial score (nSPS) is 14.4. The molecule has 80 valence electrons. The molecule has 0 saturated carbocycles. The maximum absolute atomic E-state index is 9.40. The van der Waals surface area contributed by atoms with Gasteiger partial charge in [0.25, 0.3) is 0 Å². The summed E-state index contributed by atoms with van der Waals surface area (Å²) in [4.78, 5) is 0. The molecular formula is C11H18ClNO. The Morgan fingerprint density at radius 3 is 2.00 bits per heavy atom. The van der Waals surface area contributed by atoms with Crippen molar-refractivity contribution in [1.82, 2.24) is 0 Å². The molecule has 0 unspecified atom stereocenters. The monoisotopic (exact) mass is 215 g/mol. The lowest BCUT2D eigenvalue weighted by Crippen LogP contribution is -2.24. The predicted octanol–water partition coefficient (Wildman–Crippen LogP) is 2.11. The number of nitrogens with two attached hydrogens (primary N) is 1. The summed E-state index contributed by atoms with van der Waals surface area (Å²) in [5, 5.41) is 9.40. The zero-order valence-electron chi connectivity index (χ0n) is 8.82. The molecule has 0 radical (unpaired) electrons. The van der Waals surface area contributed by atoms with Gasteiger partial charge in [-0.25, -0.2) is 0 Å². The first-order valence-corrected chi connectivity index (χ1v) is 4.53. The van der Waals surface area contributed by atoms with Gasteiger partial charge in [0.2, 0.25) is 0 Å². The average molecular weight is 216 g/mol. The van der Waals surface area contributed by atoms with Crippen molar-refractivity contribution < 1.29 is 5.11 Å². The molecule has 0 heterocycles. The quantitative estimate of drug-likeness (QED) is 0.794. The van der Waals surface area contributed by atoms with Crippen LogP contribution in [-0.2, 0) is 0 Å². The van der Waals surface area contributed by atoms with Crippen molar-refractivity contribution in [2.75, 3.05) is 0 Å². The van der Waals surface area contributed by atoms with Crippen molar-refractivity contribution in [2.45, 2.75) is 32.9 Å². The molecule has 1 aromatic rings. The third-order valence-electron chi connectivity index (χ3n) is 2.40. The Hall–Kier alpha value is -0.570. The molecule has 1 aromatic carbocycles. The summed E-state index contributed by atoms with van der Waals surface area (Å²) in [5.74, 6) is 0. The Balaban J connectivity index is 0.00000169. The highest BCUT2D eigenvalue weighted by atomic mass is 35.5. The minimum atomic E-state index is -0.500. The second-order valence-corrected chi connectivity index (χ2v) is 3.57. The van der Waals surface area contributed by atoms with E-state index in [0.29, 0.717) is 0 Å². The SMILES string of the molecule is Cc1cccc(C)c1[C@H](N)[C@@H](C)O.Cl. The summed E-state index contributed by atoms with van der Waals surface area (Å²) in [5.41, 5.74) is 9.25. The Labute approximate surface area is 91.5 Å². The molecule has 2 nitrogen and oxygen atoms in total. The number of benzene rings is 1. The highest BCUT2D eigenvalue weighted by Gasteiger charge is 2.15. The van der Waals surface area contributed by atoms with Gasteiger partial charge >= 0.3 is 0 Å². The lowest BCUT2D eigenvalue weighted by atomic mass is 9.94. The van der Waals surface area contributed by atoms with Gasteiger partial charge < -0.3 is 10.8 Å². The molecule has 1 rings (SSSR count). The van der Waals surface area contributed by atoms with E-state index >= 15 is 0 Å². The zero-order chi connectivity index (χ0) is 10.0. The Morgan fingerprint density at radius 2 is 1.64 bits per heavy atom.